The molecule has 1 aliphatic rings. The van der Waals surface area contributed by atoms with E-state index in [-0.39, 0.29) is 24.8 Å². The van der Waals surface area contributed by atoms with Crippen molar-refractivity contribution < 1.29 is 23.8 Å². The Morgan fingerprint density at radius 2 is 1.89 bits per heavy atom. The first-order valence-corrected chi connectivity index (χ1v) is 8.97. The number of nitrogens with one attached hydrogen (secondary N) is 1. The van der Waals surface area contributed by atoms with Crippen LogP contribution in [-0.4, -0.2) is 38.2 Å². The Balaban J connectivity index is 1.73. The van der Waals surface area contributed by atoms with Crippen LogP contribution >= 0.6 is 0 Å². The maximum absolute atomic E-state index is 12.8. The molecule has 0 atom stereocenters. The van der Waals surface area contributed by atoms with Crippen molar-refractivity contribution in [2.75, 3.05) is 31.0 Å². The second kappa shape index (κ2) is 7.80. The molecule has 0 saturated heterocycles. The van der Waals surface area contributed by atoms with Crippen molar-refractivity contribution >= 4 is 23.2 Å². The van der Waals surface area contributed by atoms with Gasteiger partial charge >= 0.3 is 0 Å². The minimum Gasteiger partial charge on any atom is -0.497 e. The highest BCUT2D eigenvalue weighted by Gasteiger charge is 2.40. The standard InChI is InChI=1S/C21H24N2O5/c1-21(2)20(25)23(16-7-5-6-8-18(16)28-21)12-11-19(24)22-15-13-14(26-3)9-10-17(15)27-4/h5-10,13H,11-12H2,1-4H3,(H,22,24). The van der Waals surface area contributed by atoms with Crippen molar-refractivity contribution in [2.24, 2.45) is 0 Å². The van der Waals surface area contributed by atoms with Crippen molar-refractivity contribution in [3.8, 4) is 17.2 Å². The van der Waals surface area contributed by atoms with E-state index in [2.05, 4.69) is 5.32 Å². The number of benzene rings is 2. The van der Waals surface area contributed by atoms with Crippen molar-refractivity contribution in [2.45, 2.75) is 25.9 Å². The van der Waals surface area contributed by atoms with Crippen LogP contribution in [0.2, 0.25) is 0 Å². The number of hydrogen-bond donors (Lipinski definition) is 1. The van der Waals surface area contributed by atoms with E-state index in [9.17, 15) is 9.59 Å². The lowest BCUT2D eigenvalue weighted by atomic mass is 10.0. The molecule has 0 unspecified atom stereocenters. The van der Waals surface area contributed by atoms with Crippen molar-refractivity contribution in [1.82, 2.24) is 0 Å². The maximum Gasteiger partial charge on any atom is 0.270 e. The Bertz CT molecular complexity index is 894. The minimum absolute atomic E-state index is 0.122. The summed E-state index contributed by atoms with van der Waals surface area (Å²) in [5, 5.41) is 2.82. The lowest BCUT2D eigenvalue weighted by Crippen LogP contribution is -2.53. The summed E-state index contributed by atoms with van der Waals surface area (Å²) < 4.78 is 16.3. The van der Waals surface area contributed by atoms with Gasteiger partial charge in [-0.15, -0.1) is 0 Å². The summed E-state index contributed by atoms with van der Waals surface area (Å²) in [5.74, 6) is 1.35. The fourth-order valence-electron chi connectivity index (χ4n) is 3.08. The molecule has 0 spiro atoms. The molecule has 7 nitrogen and oxygen atoms in total. The molecule has 0 saturated carbocycles. The third-order valence-corrected chi connectivity index (χ3v) is 4.52. The summed E-state index contributed by atoms with van der Waals surface area (Å²) in [5.41, 5.74) is 0.195. The summed E-state index contributed by atoms with van der Waals surface area (Å²) >= 11 is 0. The number of para-hydroxylation sites is 2. The molecule has 7 heteroatoms. The van der Waals surface area contributed by atoms with Crippen LogP contribution in [0, 0.1) is 0 Å². The molecule has 0 bridgehead atoms. The van der Waals surface area contributed by atoms with Crippen molar-refractivity contribution in [3.05, 3.63) is 42.5 Å². The number of rotatable bonds is 6. The number of carbonyl (C=O) groups excluding carboxylic acids is 2. The van der Waals surface area contributed by atoms with Gasteiger partial charge in [-0.3, -0.25) is 9.59 Å². The number of ether oxygens (including phenoxy) is 3. The van der Waals surface area contributed by atoms with Crippen LogP contribution < -0.4 is 24.4 Å². The van der Waals surface area contributed by atoms with Gasteiger partial charge in [-0.2, -0.15) is 0 Å². The summed E-state index contributed by atoms with van der Waals surface area (Å²) in [7, 11) is 3.08. The van der Waals surface area contributed by atoms with Crippen LogP contribution in [-0.2, 0) is 9.59 Å². The second-order valence-corrected chi connectivity index (χ2v) is 6.90. The predicted molar refractivity (Wildman–Crippen MR) is 106 cm³/mol. The molecular weight excluding hydrogens is 360 g/mol. The van der Waals surface area contributed by atoms with Gasteiger partial charge in [0.15, 0.2) is 5.60 Å². The van der Waals surface area contributed by atoms with Gasteiger partial charge in [0.1, 0.15) is 17.2 Å². The summed E-state index contributed by atoms with van der Waals surface area (Å²) in [6, 6.07) is 12.5. The van der Waals surface area contributed by atoms with Gasteiger partial charge in [0.25, 0.3) is 5.91 Å². The van der Waals surface area contributed by atoms with Gasteiger partial charge < -0.3 is 24.4 Å². The molecule has 0 aromatic heterocycles. The number of carbonyl (C=O) groups is 2. The van der Waals surface area contributed by atoms with Crippen LogP contribution in [0.3, 0.4) is 0 Å². The number of anilines is 2. The smallest absolute Gasteiger partial charge is 0.270 e. The highest BCUT2D eigenvalue weighted by atomic mass is 16.5. The van der Waals surface area contributed by atoms with Crippen LogP contribution in [0.15, 0.2) is 42.5 Å². The largest absolute Gasteiger partial charge is 0.497 e. The maximum atomic E-state index is 12.8. The monoisotopic (exact) mass is 384 g/mol. The van der Waals surface area contributed by atoms with E-state index in [1.807, 2.05) is 24.3 Å². The Kier molecular flexibility index (Phi) is 5.44. The molecule has 2 aromatic rings. The zero-order valence-corrected chi connectivity index (χ0v) is 16.4. The number of fused-ring (bicyclic) bond motifs is 1. The molecule has 0 radical (unpaired) electrons. The molecule has 148 valence electrons. The summed E-state index contributed by atoms with van der Waals surface area (Å²) in [6.07, 6.45) is 0.122. The van der Waals surface area contributed by atoms with Crippen LogP contribution in [0.1, 0.15) is 20.3 Å². The molecular formula is C21H24N2O5. The Labute approximate surface area is 164 Å². The first kappa shape index (κ1) is 19.5. The minimum atomic E-state index is -0.985. The molecule has 2 amide bonds. The van der Waals surface area contributed by atoms with E-state index >= 15 is 0 Å². The molecule has 1 heterocycles. The fourth-order valence-corrected chi connectivity index (χ4v) is 3.08. The molecule has 3 rings (SSSR count). The van der Waals surface area contributed by atoms with E-state index in [4.69, 9.17) is 14.2 Å². The molecule has 28 heavy (non-hydrogen) atoms. The van der Waals surface area contributed by atoms with E-state index in [1.165, 1.54) is 7.11 Å². The highest BCUT2D eigenvalue weighted by molar-refractivity contribution is 6.03. The van der Waals surface area contributed by atoms with Gasteiger partial charge in [0.05, 0.1) is 25.6 Å². The van der Waals surface area contributed by atoms with Crippen LogP contribution in [0.25, 0.3) is 0 Å². The first-order chi connectivity index (χ1) is 13.4. The Hall–Kier alpha value is -3.22. The van der Waals surface area contributed by atoms with E-state index in [0.29, 0.717) is 28.6 Å². The van der Waals surface area contributed by atoms with E-state index in [0.717, 1.165) is 0 Å². The average Bonchev–Trinajstić information content (AvgIpc) is 2.68. The van der Waals surface area contributed by atoms with Gasteiger partial charge in [-0.1, -0.05) is 12.1 Å². The summed E-state index contributed by atoms with van der Waals surface area (Å²) in [4.78, 5) is 26.9. The van der Waals surface area contributed by atoms with Gasteiger partial charge in [0, 0.05) is 19.0 Å². The van der Waals surface area contributed by atoms with Crippen LogP contribution in [0.5, 0.6) is 17.2 Å². The Morgan fingerprint density at radius 1 is 1.14 bits per heavy atom. The fraction of sp³-hybridized carbons (Fsp3) is 0.333. The molecule has 0 fully saturated rings. The number of methoxy groups -OCH3 is 2. The third-order valence-electron chi connectivity index (χ3n) is 4.52. The summed E-state index contributed by atoms with van der Waals surface area (Å²) in [6.45, 7) is 3.68. The van der Waals surface area contributed by atoms with Crippen LogP contribution in [0.4, 0.5) is 11.4 Å². The first-order valence-electron chi connectivity index (χ1n) is 8.97. The molecule has 1 N–H and O–H groups in total. The van der Waals surface area contributed by atoms with Crippen molar-refractivity contribution in [1.29, 1.82) is 0 Å². The zero-order valence-electron chi connectivity index (χ0n) is 16.4. The van der Waals surface area contributed by atoms with E-state index in [1.54, 1.807) is 44.1 Å². The number of hydrogen-bond acceptors (Lipinski definition) is 5. The highest BCUT2D eigenvalue weighted by Crippen LogP contribution is 2.37. The lowest BCUT2D eigenvalue weighted by molar-refractivity contribution is -0.132. The lowest BCUT2D eigenvalue weighted by Gasteiger charge is -2.38. The Morgan fingerprint density at radius 3 is 2.61 bits per heavy atom. The molecule has 2 aromatic carbocycles. The molecule has 0 aliphatic carbocycles. The quantitative estimate of drug-likeness (QED) is 0.827. The average molecular weight is 384 g/mol. The number of nitrogens with zero attached hydrogens (tertiary/aromatic N) is 1. The topological polar surface area (TPSA) is 77.1 Å². The number of amides is 2. The SMILES string of the molecule is COc1ccc(OC)c(NC(=O)CCN2C(=O)C(C)(C)Oc3ccccc32)c1. The zero-order chi connectivity index (χ0) is 20.3. The van der Waals surface area contributed by atoms with Gasteiger partial charge in [-0.05, 0) is 38.1 Å². The predicted octanol–water partition coefficient (Wildman–Crippen LogP) is 3.24. The van der Waals surface area contributed by atoms with Crippen molar-refractivity contribution in [3.63, 3.8) is 0 Å². The molecule has 1 aliphatic heterocycles. The third kappa shape index (κ3) is 3.88. The van der Waals surface area contributed by atoms with E-state index < -0.39 is 5.60 Å². The van der Waals surface area contributed by atoms with Gasteiger partial charge in [0.2, 0.25) is 5.91 Å². The normalized spacial score (nSPS) is 14.7. The van der Waals surface area contributed by atoms with Gasteiger partial charge in [-0.25, -0.2) is 0 Å². The second-order valence-electron chi connectivity index (χ2n) is 6.90.